The van der Waals surface area contributed by atoms with Gasteiger partial charge >= 0.3 is 0 Å². The van der Waals surface area contributed by atoms with Crippen molar-refractivity contribution in [3.8, 4) is 0 Å². The van der Waals surface area contributed by atoms with Crippen LogP contribution in [0.25, 0.3) is 0 Å². The Hall–Kier alpha value is -2.24. The van der Waals surface area contributed by atoms with Gasteiger partial charge in [-0.1, -0.05) is 20.8 Å². The number of amides is 2. The maximum Gasteiger partial charge on any atom is 0.253 e. The molecule has 0 bridgehead atoms. The van der Waals surface area contributed by atoms with Gasteiger partial charge in [-0.3, -0.25) is 14.6 Å². The second-order valence-electron chi connectivity index (χ2n) is 5.67. The molecule has 6 nitrogen and oxygen atoms in total. The molecule has 0 fully saturated rings. The van der Waals surface area contributed by atoms with Crippen molar-refractivity contribution in [3.63, 3.8) is 0 Å². The summed E-state index contributed by atoms with van der Waals surface area (Å²) in [4.78, 5) is 32.5. The highest BCUT2D eigenvalue weighted by Gasteiger charge is 2.42. The summed E-state index contributed by atoms with van der Waals surface area (Å²) in [6.45, 7) is 7.58. The number of nitrogens with zero attached hydrogens (tertiary/aromatic N) is 2. The summed E-state index contributed by atoms with van der Waals surface area (Å²) in [6.07, 6.45) is 2.41. The first kappa shape index (κ1) is 15.2. The number of hydrogen-bond donors (Lipinski definition) is 2. The molecule has 0 aromatic carbocycles. The predicted octanol–water partition coefficient (Wildman–Crippen LogP) is 1.03. The molecule has 0 saturated carbocycles. The molecule has 0 spiro atoms. The van der Waals surface area contributed by atoms with E-state index in [2.05, 4.69) is 15.3 Å². The lowest BCUT2D eigenvalue weighted by Crippen LogP contribution is -2.41. The second-order valence-corrected chi connectivity index (χ2v) is 5.67. The second kappa shape index (κ2) is 5.27. The first-order valence-corrected chi connectivity index (χ1v) is 7.00. The monoisotopic (exact) mass is 288 g/mol. The Balaban J connectivity index is 2.53. The highest BCUT2D eigenvalue weighted by Crippen LogP contribution is 2.27. The third kappa shape index (κ3) is 2.53. The maximum atomic E-state index is 12.2. The van der Waals surface area contributed by atoms with Crippen LogP contribution < -0.4 is 11.1 Å². The molecule has 3 N–H and O–H groups in total. The number of nitrogens with two attached hydrogens (primary N) is 1. The lowest BCUT2D eigenvalue weighted by atomic mass is 9.89. The number of aliphatic imine (C=N–C) groups is 1. The van der Waals surface area contributed by atoms with Crippen molar-refractivity contribution < 1.29 is 9.59 Å². The van der Waals surface area contributed by atoms with E-state index < -0.39 is 11.4 Å². The molecule has 2 amide bonds. The van der Waals surface area contributed by atoms with Crippen LogP contribution in [0.3, 0.4) is 0 Å². The summed E-state index contributed by atoms with van der Waals surface area (Å²) < 4.78 is 0. The van der Waals surface area contributed by atoms with Gasteiger partial charge in [-0.05, 0) is 30.9 Å². The smallest absolute Gasteiger partial charge is 0.253 e. The molecule has 6 heteroatoms. The Kier molecular flexibility index (Phi) is 3.80. The van der Waals surface area contributed by atoms with Gasteiger partial charge in [-0.25, -0.2) is 4.99 Å². The number of rotatable bonds is 4. The molecule has 0 saturated heterocycles. The SMILES string of the molecule is CCc1cnc(C2=NC(C)(C(C)C)C(=O)N2)c(C(N)=O)c1. The fraction of sp³-hybridized carbons (Fsp3) is 0.467. The first-order valence-electron chi connectivity index (χ1n) is 7.00. The summed E-state index contributed by atoms with van der Waals surface area (Å²) in [5.41, 5.74) is 6.09. The summed E-state index contributed by atoms with van der Waals surface area (Å²) in [7, 11) is 0. The minimum atomic E-state index is -0.852. The zero-order valence-corrected chi connectivity index (χ0v) is 12.7. The highest BCUT2D eigenvalue weighted by atomic mass is 16.2. The van der Waals surface area contributed by atoms with Crippen molar-refractivity contribution in [1.82, 2.24) is 10.3 Å². The Morgan fingerprint density at radius 2 is 2.14 bits per heavy atom. The molecule has 0 radical (unpaired) electrons. The van der Waals surface area contributed by atoms with Crippen LogP contribution in [0.15, 0.2) is 17.3 Å². The van der Waals surface area contributed by atoms with Crippen LogP contribution in [-0.4, -0.2) is 28.2 Å². The van der Waals surface area contributed by atoms with Gasteiger partial charge in [0, 0.05) is 6.20 Å². The minimum Gasteiger partial charge on any atom is -0.366 e. The van der Waals surface area contributed by atoms with Crippen molar-refractivity contribution in [1.29, 1.82) is 0 Å². The Bertz CT molecular complexity index is 637. The van der Waals surface area contributed by atoms with Gasteiger partial charge in [-0.15, -0.1) is 0 Å². The number of carbonyl (C=O) groups excluding carboxylic acids is 2. The number of amidine groups is 1. The Labute approximate surface area is 123 Å². The number of aromatic nitrogens is 1. The van der Waals surface area contributed by atoms with Gasteiger partial charge < -0.3 is 11.1 Å². The molecule has 2 heterocycles. The molecular formula is C15H20N4O2. The number of aryl methyl sites for hydroxylation is 1. The molecule has 1 aromatic heterocycles. The average molecular weight is 288 g/mol. The highest BCUT2D eigenvalue weighted by molar-refractivity contribution is 6.17. The number of hydrogen-bond acceptors (Lipinski definition) is 4. The number of nitrogens with one attached hydrogen (secondary N) is 1. The summed E-state index contributed by atoms with van der Waals surface area (Å²) >= 11 is 0. The molecule has 1 aliphatic heterocycles. The van der Waals surface area contributed by atoms with E-state index in [1.54, 1.807) is 19.2 Å². The third-order valence-electron chi connectivity index (χ3n) is 4.00. The summed E-state index contributed by atoms with van der Waals surface area (Å²) in [6, 6.07) is 1.70. The third-order valence-corrected chi connectivity index (χ3v) is 4.00. The molecule has 1 unspecified atom stereocenters. The van der Waals surface area contributed by atoms with E-state index in [4.69, 9.17) is 5.73 Å². The normalized spacial score (nSPS) is 21.4. The molecule has 0 aliphatic carbocycles. The maximum absolute atomic E-state index is 12.2. The van der Waals surface area contributed by atoms with E-state index >= 15 is 0 Å². The van der Waals surface area contributed by atoms with Gasteiger partial charge in [0.25, 0.3) is 11.8 Å². The number of primary amides is 1. The Morgan fingerprint density at radius 3 is 2.62 bits per heavy atom. The predicted molar refractivity (Wildman–Crippen MR) is 80.1 cm³/mol. The van der Waals surface area contributed by atoms with Crippen LogP contribution in [0.1, 0.15) is 49.3 Å². The molecule has 2 rings (SSSR count). The van der Waals surface area contributed by atoms with E-state index in [1.165, 1.54) is 0 Å². The molecule has 1 atom stereocenters. The van der Waals surface area contributed by atoms with E-state index in [9.17, 15) is 9.59 Å². The molecule has 1 aromatic rings. The fourth-order valence-electron chi connectivity index (χ4n) is 2.13. The van der Waals surface area contributed by atoms with Crippen LogP contribution in [-0.2, 0) is 11.2 Å². The van der Waals surface area contributed by atoms with Crippen LogP contribution in [0.2, 0.25) is 0 Å². The standard InChI is InChI=1S/C15H20N4O2/c1-5-9-6-10(12(16)20)11(17-7-9)13-18-14(21)15(4,19-13)8(2)3/h6-8H,5H2,1-4H3,(H2,16,20)(H,18,19,21). The van der Waals surface area contributed by atoms with E-state index in [1.807, 2.05) is 20.8 Å². The lowest BCUT2D eigenvalue weighted by Gasteiger charge is -2.21. The van der Waals surface area contributed by atoms with Crippen molar-refractivity contribution in [2.45, 2.75) is 39.7 Å². The van der Waals surface area contributed by atoms with Crippen LogP contribution in [0, 0.1) is 5.92 Å². The van der Waals surface area contributed by atoms with Gasteiger partial charge in [0.1, 0.15) is 11.2 Å². The van der Waals surface area contributed by atoms with Gasteiger partial charge in [0.05, 0.1) is 5.56 Å². The van der Waals surface area contributed by atoms with Gasteiger partial charge in [0.15, 0.2) is 5.84 Å². The van der Waals surface area contributed by atoms with E-state index in [0.717, 1.165) is 12.0 Å². The minimum absolute atomic E-state index is 0.0296. The van der Waals surface area contributed by atoms with Crippen molar-refractivity contribution in [2.75, 3.05) is 0 Å². The van der Waals surface area contributed by atoms with E-state index in [0.29, 0.717) is 11.5 Å². The van der Waals surface area contributed by atoms with Crippen LogP contribution >= 0.6 is 0 Å². The van der Waals surface area contributed by atoms with Crippen LogP contribution in [0.5, 0.6) is 0 Å². The molecule has 1 aliphatic rings. The van der Waals surface area contributed by atoms with Crippen molar-refractivity contribution in [2.24, 2.45) is 16.6 Å². The number of carbonyl (C=O) groups is 2. The lowest BCUT2D eigenvalue weighted by molar-refractivity contribution is -0.124. The first-order chi connectivity index (χ1) is 9.79. The summed E-state index contributed by atoms with van der Waals surface area (Å²) in [5.74, 6) is -0.429. The molecule has 112 valence electrons. The Morgan fingerprint density at radius 1 is 1.48 bits per heavy atom. The topological polar surface area (TPSA) is 97.4 Å². The zero-order chi connectivity index (χ0) is 15.8. The quantitative estimate of drug-likeness (QED) is 0.866. The average Bonchev–Trinajstić information content (AvgIpc) is 2.75. The van der Waals surface area contributed by atoms with Crippen molar-refractivity contribution in [3.05, 3.63) is 29.1 Å². The molecular weight excluding hydrogens is 268 g/mol. The molecule has 21 heavy (non-hydrogen) atoms. The van der Waals surface area contributed by atoms with Gasteiger partial charge in [-0.2, -0.15) is 0 Å². The van der Waals surface area contributed by atoms with Crippen LogP contribution in [0.4, 0.5) is 0 Å². The number of pyridine rings is 1. The van der Waals surface area contributed by atoms with E-state index in [-0.39, 0.29) is 17.4 Å². The fourth-order valence-corrected chi connectivity index (χ4v) is 2.13. The van der Waals surface area contributed by atoms with Crippen molar-refractivity contribution >= 4 is 17.6 Å². The van der Waals surface area contributed by atoms with Gasteiger partial charge in [0.2, 0.25) is 0 Å². The summed E-state index contributed by atoms with van der Waals surface area (Å²) in [5, 5.41) is 2.72. The largest absolute Gasteiger partial charge is 0.366 e. The zero-order valence-electron chi connectivity index (χ0n) is 12.7.